The van der Waals surface area contributed by atoms with Gasteiger partial charge in [-0.3, -0.25) is 14.5 Å². The van der Waals surface area contributed by atoms with E-state index in [1.807, 2.05) is 23.1 Å². The number of aryl methyl sites for hydroxylation is 1. The predicted molar refractivity (Wildman–Crippen MR) is 136 cm³/mol. The van der Waals surface area contributed by atoms with Crippen LogP contribution in [0.2, 0.25) is 0 Å². The van der Waals surface area contributed by atoms with Gasteiger partial charge >= 0.3 is 0 Å². The van der Waals surface area contributed by atoms with Crippen molar-refractivity contribution in [3.8, 4) is 0 Å². The summed E-state index contributed by atoms with van der Waals surface area (Å²) in [7, 11) is 0. The van der Waals surface area contributed by atoms with Crippen molar-refractivity contribution in [2.45, 2.75) is 58.5 Å². The summed E-state index contributed by atoms with van der Waals surface area (Å²) in [6, 6.07) is 18.6. The molecule has 2 aromatic carbocycles. The van der Waals surface area contributed by atoms with E-state index in [9.17, 15) is 9.59 Å². The van der Waals surface area contributed by atoms with Gasteiger partial charge in [0.05, 0.1) is 0 Å². The van der Waals surface area contributed by atoms with Crippen molar-refractivity contribution < 1.29 is 9.59 Å². The molecule has 0 unspecified atom stereocenters. The van der Waals surface area contributed by atoms with Crippen LogP contribution in [0, 0.1) is 11.8 Å². The van der Waals surface area contributed by atoms with Crippen LogP contribution in [-0.4, -0.2) is 47.8 Å². The van der Waals surface area contributed by atoms with Gasteiger partial charge in [-0.1, -0.05) is 61.5 Å². The molecule has 0 aliphatic carbocycles. The third kappa shape index (κ3) is 6.92. The van der Waals surface area contributed by atoms with Crippen molar-refractivity contribution in [1.82, 2.24) is 15.1 Å². The minimum Gasteiger partial charge on any atom is -0.352 e. The number of hydrogen-bond donors (Lipinski definition) is 1. The Bertz CT molecular complexity index is 929. The molecule has 5 nitrogen and oxygen atoms in total. The van der Waals surface area contributed by atoms with Gasteiger partial charge in [-0.25, -0.2) is 0 Å². The highest BCUT2D eigenvalue weighted by Gasteiger charge is 2.27. The number of nitrogens with zero attached hydrogens (tertiary/aromatic N) is 2. The lowest BCUT2D eigenvalue weighted by Gasteiger charge is -2.32. The molecule has 0 saturated carbocycles. The molecule has 0 bridgehead atoms. The monoisotopic (exact) mass is 461 g/mol. The van der Waals surface area contributed by atoms with Crippen LogP contribution in [0.5, 0.6) is 0 Å². The average Bonchev–Trinajstić information content (AvgIpc) is 2.88. The van der Waals surface area contributed by atoms with Gasteiger partial charge in [-0.15, -0.1) is 0 Å². The molecule has 2 amide bonds. The van der Waals surface area contributed by atoms with E-state index in [1.165, 1.54) is 29.5 Å². The molecule has 0 spiro atoms. The average molecular weight is 462 g/mol. The van der Waals surface area contributed by atoms with Crippen LogP contribution < -0.4 is 5.32 Å². The van der Waals surface area contributed by atoms with Crippen LogP contribution >= 0.6 is 0 Å². The molecule has 4 rings (SSSR count). The summed E-state index contributed by atoms with van der Waals surface area (Å²) in [6.07, 6.45) is 5.34. The van der Waals surface area contributed by atoms with E-state index in [0.29, 0.717) is 26.1 Å². The molecule has 1 N–H and O–H groups in total. The zero-order valence-corrected chi connectivity index (χ0v) is 20.5. The van der Waals surface area contributed by atoms with Gasteiger partial charge in [-0.2, -0.15) is 0 Å². The van der Waals surface area contributed by atoms with Crippen LogP contribution in [0.3, 0.4) is 0 Å². The lowest BCUT2D eigenvalue weighted by molar-refractivity contribution is -0.135. The van der Waals surface area contributed by atoms with E-state index in [4.69, 9.17) is 0 Å². The van der Waals surface area contributed by atoms with Crippen LogP contribution in [0.4, 0.5) is 0 Å². The molecule has 34 heavy (non-hydrogen) atoms. The largest absolute Gasteiger partial charge is 0.352 e. The maximum Gasteiger partial charge on any atom is 0.223 e. The van der Waals surface area contributed by atoms with Gasteiger partial charge in [-0.05, 0) is 67.8 Å². The first kappa shape index (κ1) is 24.5. The summed E-state index contributed by atoms with van der Waals surface area (Å²) in [5, 5.41) is 3.18. The number of rotatable bonds is 8. The van der Waals surface area contributed by atoms with Gasteiger partial charge < -0.3 is 10.2 Å². The van der Waals surface area contributed by atoms with Crippen molar-refractivity contribution >= 4 is 11.8 Å². The Morgan fingerprint density at radius 2 is 1.50 bits per heavy atom. The summed E-state index contributed by atoms with van der Waals surface area (Å²) in [4.78, 5) is 29.9. The number of hydrogen-bond acceptors (Lipinski definition) is 3. The first-order valence-corrected chi connectivity index (χ1v) is 13.0. The summed E-state index contributed by atoms with van der Waals surface area (Å²) in [5.74, 6) is 1.15. The van der Waals surface area contributed by atoms with Gasteiger partial charge in [0.1, 0.15) is 0 Å². The first-order chi connectivity index (χ1) is 16.6. The van der Waals surface area contributed by atoms with E-state index in [0.717, 1.165) is 44.8 Å². The maximum absolute atomic E-state index is 12.9. The van der Waals surface area contributed by atoms with Gasteiger partial charge in [0, 0.05) is 38.5 Å². The summed E-state index contributed by atoms with van der Waals surface area (Å²) in [5.41, 5.74) is 3.72. The second-order valence-electron chi connectivity index (χ2n) is 10.1. The lowest BCUT2D eigenvalue weighted by atomic mass is 9.95. The van der Waals surface area contributed by atoms with Crippen molar-refractivity contribution in [3.63, 3.8) is 0 Å². The fourth-order valence-electron chi connectivity index (χ4n) is 5.12. The van der Waals surface area contributed by atoms with Gasteiger partial charge in [0.15, 0.2) is 0 Å². The smallest absolute Gasteiger partial charge is 0.223 e. The number of piperidine rings is 2. The van der Waals surface area contributed by atoms with Crippen molar-refractivity contribution in [1.29, 1.82) is 0 Å². The fourth-order valence-corrected chi connectivity index (χ4v) is 5.12. The van der Waals surface area contributed by atoms with E-state index in [-0.39, 0.29) is 17.7 Å². The Labute approximate surface area is 204 Å². The highest BCUT2D eigenvalue weighted by atomic mass is 16.2. The zero-order chi connectivity index (χ0) is 23.8. The van der Waals surface area contributed by atoms with Crippen LogP contribution in [-0.2, 0) is 29.1 Å². The SMILES string of the molecule is CC1CCN(Cc2ccccc2CNC(=O)C2CCN(C(=O)CCc3ccccc3)CC2)CC1. The molecule has 2 aromatic rings. The zero-order valence-electron chi connectivity index (χ0n) is 20.5. The summed E-state index contributed by atoms with van der Waals surface area (Å²) in [6.45, 7) is 7.55. The fraction of sp³-hybridized carbons (Fsp3) is 0.517. The number of carbonyl (C=O) groups is 2. The third-order valence-electron chi connectivity index (χ3n) is 7.53. The molecule has 5 heteroatoms. The lowest BCUT2D eigenvalue weighted by Crippen LogP contribution is -2.43. The predicted octanol–water partition coefficient (Wildman–Crippen LogP) is 4.41. The summed E-state index contributed by atoms with van der Waals surface area (Å²) < 4.78 is 0. The molecule has 2 aliphatic heterocycles. The molecular formula is C29H39N3O2. The Morgan fingerprint density at radius 1 is 0.853 bits per heavy atom. The van der Waals surface area contributed by atoms with Crippen LogP contribution in [0.1, 0.15) is 55.7 Å². The Balaban J connectivity index is 1.21. The second-order valence-corrected chi connectivity index (χ2v) is 10.1. The topological polar surface area (TPSA) is 52.7 Å². The highest BCUT2D eigenvalue weighted by Crippen LogP contribution is 2.21. The van der Waals surface area contributed by atoms with E-state index in [1.54, 1.807) is 0 Å². The Morgan fingerprint density at radius 3 is 2.21 bits per heavy atom. The first-order valence-electron chi connectivity index (χ1n) is 13.0. The van der Waals surface area contributed by atoms with Gasteiger partial charge in [0.25, 0.3) is 0 Å². The molecular weight excluding hydrogens is 422 g/mol. The van der Waals surface area contributed by atoms with E-state index in [2.05, 4.69) is 53.5 Å². The molecule has 182 valence electrons. The van der Waals surface area contributed by atoms with Crippen molar-refractivity contribution in [3.05, 3.63) is 71.3 Å². The maximum atomic E-state index is 12.9. The molecule has 2 fully saturated rings. The summed E-state index contributed by atoms with van der Waals surface area (Å²) >= 11 is 0. The molecule has 0 atom stereocenters. The van der Waals surface area contributed by atoms with E-state index >= 15 is 0 Å². The number of likely N-dealkylation sites (tertiary alicyclic amines) is 2. The second kappa shape index (κ2) is 12.2. The van der Waals surface area contributed by atoms with Crippen molar-refractivity contribution in [2.24, 2.45) is 11.8 Å². The van der Waals surface area contributed by atoms with Crippen LogP contribution in [0.15, 0.2) is 54.6 Å². The highest BCUT2D eigenvalue weighted by molar-refractivity contribution is 5.80. The third-order valence-corrected chi connectivity index (χ3v) is 7.53. The molecule has 2 aliphatic rings. The normalized spacial score (nSPS) is 18.1. The standard InChI is InChI=1S/C29H39N3O2/c1-23-13-17-31(18-14-23)22-27-10-6-5-9-26(27)21-30-29(34)25-15-19-32(20-16-25)28(33)12-11-24-7-3-2-4-8-24/h2-10,23,25H,11-22H2,1H3,(H,30,34). The molecule has 2 heterocycles. The Kier molecular flexibility index (Phi) is 8.75. The van der Waals surface area contributed by atoms with Crippen molar-refractivity contribution in [2.75, 3.05) is 26.2 Å². The number of amides is 2. The quantitative estimate of drug-likeness (QED) is 0.634. The van der Waals surface area contributed by atoms with E-state index < -0.39 is 0 Å². The number of carbonyl (C=O) groups excluding carboxylic acids is 2. The van der Waals surface area contributed by atoms with Gasteiger partial charge in [0.2, 0.25) is 11.8 Å². The molecule has 0 radical (unpaired) electrons. The number of benzene rings is 2. The molecule has 2 saturated heterocycles. The molecule has 0 aromatic heterocycles. The minimum atomic E-state index is -0.00563. The number of nitrogens with one attached hydrogen (secondary N) is 1. The Hall–Kier alpha value is -2.66. The van der Waals surface area contributed by atoms with Crippen LogP contribution in [0.25, 0.3) is 0 Å². The minimum absolute atomic E-state index is 0.00563.